The van der Waals surface area contributed by atoms with Crippen molar-refractivity contribution in [2.45, 2.75) is 13.5 Å². The summed E-state index contributed by atoms with van der Waals surface area (Å²) in [4.78, 5) is 32.5. The molecule has 29 heavy (non-hydrogen) atoms. The van der Waals surface area contributed by atoms with Crippen LogP contribution in [0, 0.1) is 0 Å². The van der Waals surface area contributed by atoms with Gasteiger partial charge in [0.1, 0.15) is 5.69 Å². The van der Waals surface area contributed by atoms with E-state index in [0.717, 1.165) is 27.7 Å². The Morgan fingerprint density at radius 2 is 1.76 bits per heavy atom. The summed E-state index contributed by atoms with van der Waals surface area (Å²) in [5.74, 6) is -0.350. The smallest absolute Gasteiger partial charge is 0.276 e. The van der Waals surface area contributed by atoms with Crippen LogP contribution in [0.15, 0.2) is 66.0 Å². The fraction of sp³-hybridized carbons (Fsp3) is 0.0909. The zero-order valence-corrected chi connectivity index (χ0v) is 16.5. The van der Waals surface area contributed by atoms with Crippen LogP contribution in [0.25, 0.3) is 22.2 Å². The predicted molar refractivity (Wildman–Crippen MR) is 115 cm³/mol. The van der Waals surface area contributed by atoms with Crippen molar-refractivity contribution in [3.8, 4) is 11.3 Å². The summed E-state index contributed by atoms with van der Waals surface area (Å²) in [6, 6.07) is 19.0. The van der Waals surface area contributed by atoms with E-state index in [9.17, 15) is 9.59 Å². The third kappa shape index (κ3) is 4.47. The number of thiazole rings is 1. The molecule has 144 valence electrons. The largest absolute Gasteiger partial charge is 0.352 e. The van der Waals surface area contributed by atoms with Crippen LogP contribution in [0.2, 0.25) is 0 Å². The fourth-order valence-corrected chi connectivity index (χ4v) is 3.55. The van der Waals surface area contributed by atoms with E-state index < -0.39 is 0 Å². The monoisotopic (exact) mass is 402 g/mol. The van der Waals surface area contributed by atoms with Gasteiger partial charge in [-0.25, -0.2) is 9.97 Å². The fourth-order valence-electron chi connectivity index (χ4n) is 2.84. The summed E-state index contributed by atoms with van der Waals surface area (Å²) in [6.07, 6.45) is 0. The molecule has 6 nitrogen and oxygen atoms in total. The molecule has 0 saturated heterocycles. The highest BCUT2D eigenvalue weighted by Crippen LogP contribution is 2.25. The molecule has 0 bridgehead atoms. The Morgan fingerprint density at radius 1 is 0.966 bits per heavy atom. The molecule has 7 heteroatoms. The minimum absolute atomic E-state index is 0.0603. The predicted octanol–water partition coefficient (Wildman–Crippen LogP) is 4.25. The number of carbonyl (C=O) groups excluding carboxylic acids is 2. The molecule has 0 fully saturated rings. The maximum Gasteiger partial charge on any atom is 0.276 e. The summed E-state index contributed by atoms with van der Waals surface area (Å²) < 4.78 is 0. The number of pyridine rings is 1. The molecule has 0 aliphatic carbocycles. The second kappa shape index (κ2) is 8.20. The van der Waals surface area contributed by atoms with Gasteiger partial charge in [-0.15, -0.1) is 11.3 Å². The van der Waals surface area contributed by atoms with Crippen LogP contribution < -0.4 is 10.6 Å². The van der Waals surface area contributed by atoms with E-state index >= 15 is 0 Å². The van der Waals surface area contributed by atoms with Gasteiger partial charge in [-0.1, -0.05) is 48.5 Å². The second-order valence-electron chi connectivity index (χ2n) is 6.49. The van der Waals surface area contributed by atoms with Crippen molar-refractivity contribution in [1.29, 1.82) is 0 Å². The third-order valence-electron chi connectivity index (χ3n) is 4.35. The Kier molecular flexibility index (Phi) is 5.31. The van der Waals surface area contributed by atoms with Crippen LogP contribution in [-0.4, -0.2) is 21.8 Å². The molecule has 0 unspecified atom stereocenters. The molecular weight excluding hydrogens is 384 g/mol. The van der Waals surface area contributed by atoms with Gasteiger partial charge in [0.05, 0.1) is 11.2 Å². The first kappa shape index (κ1) is 18.8. The van der Waals surface area contributed by atoms with Gasteiger partial charge in [-0.3, -0.25) is 14.9 Å². The van der Waals surface area contributed by atoms with E-state index in [1.54, 1.807) is 6.07 Å². The number of aromatic nitrogens is 2. The summed E-state index contributed by atoms with van der Waals surface area (Å²) >= 11 is 1.36. The molecule has 2 aromatic carbocycles. The van der Waals surface area contributed by atoms with E-state index in [1.807, 2.05) is 60.0 Å². The van der Waals surface area contributed by atoms with Crippen LogP contribution in [0.3, 0.4) is 0 Å². The van der Waals surface area contributed by atoms with Gasteiger partial charge in [0.2, 0.25) is 5.91 Å². The van der Waals surface area contributed by atoms with Crippen molar-refractivity contribution >= 4 is 39.2 Å². The molecule has 2 aromatic heterocycles. The lowest BCUT2D eigenvalue weighted by Crippen LogP contribution is -2.18. The molecular formula is C22H18N4O2S. The number of fused-ring (bicyclic) bond motifs is 1. The van der Waals surface area contributed by atoms with Crippen molar-refractivity contribution in [2.24, 2.45) is 0 Å². The second-order valence-corrected chi connectivity index (χ2v) is 7.35. The molecule has 0 aliphatic rings. The van der Waals surface area contributed by atoms with E-state index in [1.165, 1.54) is 18.3 Å². The number of hydrogen-bond acceptors (Lipinski definition) is 5. The standard InChI is InChI=1S/C22H18N4O2S/c1-14(27)23-12-15-6-8-17(9-7-15)20-13-29-22(25-20)26-21(28)19-11-10-16-4-2-3-5-18(16)24-19/h2-11,13H,12H2,1H3,(H,23,27)(H,25,26,28). The normalized spacial score (nSPS) is 10.7. The molecule has 2 N–H and O–H groups in total. The van der Waals surface area contributed by atoms with E-state index in [4.69, 9.17) is 0 Å². The SMILES string of the molecule is CC(=O)NCc1ccc(-c2csc(NC(=O)c3ccc4ccccc4n3)n2)cc1. The van der Waals surface area contributed by atoms with E-state index in [0.29, 0.717) is 17.4 Å². The lowest BCUT2D eigenvalue weighted by atomic mass is 10.1. The third-order valence-corrected chi connectivity index (χ3v) is 5.10. The van der Waals surface area contributed by atoms with Crippen LogP contribution >= 0.6 is 11.3 Å². The molecule has 0 spiro atoms. The lowest BCUT2D eigenvalue weighted by Gasteiger charge is -2.04. The van der Waals surface area contributed by atoms with Crippen LogP contribution in [0.1, 0.15) is 23.0 Å². The topological polar surface area (TPSA) is 84.0 Å². The number of rotatable bonds is 5. The van der Waals surface area contributed by atoms with Crippen LogP contribution in [-0.2, 0) is 11.3 Å². The number of hydrogen-bond donors (Lipinski definition) is 2. The molecule has 0 atom stereocenters. The summed E-state index contributed by atoms with van der Waals surface area (Å²) in [7, 11) is 0. The first-order valence-electron chi connectivity index (χ1n) is 9.05. The van der Waals surface area contributed by atoms with Crippen molar-refractivity contribution < 1.29 is 9.59 Å². The number of benzene rings is 2. The molecule has 4 rings (SSSR count). The first-order valence-corrected chi connectivity index (χ1v) is 9.93. The Hall–Kier alpha value is -3.58. The number of carbonyl (C=O) groups is 2. The number of nitrogens with zero attached hydrogens (tertiary/aromatic N) is 2. The summed E-state index contributed by atoms with van der Waals surface area (Å²) in [6.45, 7) is 1.99. The molecule has 0 saturated carbocycles. The van der Waals surface area contributed by atoms with Crippen LogP contribution in [0.5, 0.6) is 0 Å². The minimum atomic E-state index is -0.290. The highest BCUT2D eigenvalue weighted by atomic mass is 32.1. The number of amides is 2. The molecule has 2 amide bonds. The Balaban J connectivity index is 1.45. The van der Waals surface area contributed by atoms with Gasteiger partial charge in [0, 0.05) is 29.8 Å². The van der Waals surface area contributed by atoms with E-state index in [-0.39, 0.29) is 11.8 Å². The van der Waals surface area contributed by atoms with Gasteiger partial charge in [-0.05, 0) is 17.7 Å². The van der Waals surface area contributed by atoms with Gasteiger partial charge in [0.25, 0.3) is 5.91 Å². The lowest BCUT2D eigenvalue weighted by molar-refractivity contribution is -0.119. The highest BCUT2D eigenvalue weighted by Gasteiger charge is 2.12. The zero-order valence-electron chi connectivity index (χ0n) is 15.7. The van der Waals surface area contributed by atoms with Crippen molar-refractivity contribution in [2.75, 3.05) is 5.32 Å². The molecule has 4 aromatic rings. The van der Waals surface area contributed by atoms with Gasteiger partial charge in [-0.2, -0.15) is 0 Å². The van der Waals surface area contributed by atoms with E-state index in [2.05, 4.69) is 20.6 Å². The summed E-state index contributed by atoms with van der Waals surface area (Å²) in [5.41, 5.74) is 3.86. The average molecular weight is 402 g/mol. The number of nitrogens with one attached hydrogen (secondary N) is 2. The van der Waals surface area contributed by atoms with Crippen molar-refractivity contribution in [1.82, 2.24) is 15.3 Å². The first-order chi connectivity index (χ1) is 14.1. The van der Waals surface area contributed by atoms with Crippen molar-refractivity contribution in [3.63, 3.8) is 0 Å². The number of para-hydroxylation sites is 1. The van der Waals surface area contributed by atoms with Crippen molar-refractivity contribution in [3.05, 3.63) is 77.3 Å². The minimum Gasteiger partial charge on any atom is -0.352 e. The number of anilines is 1. The summed E-state index contributed by atoms with van der Waals surface area (Å²) in [5, 5.41) is 8.98. The van der Waals surface area contributed by atoms with Gasteiger partial charge in [0.15, 0.2) is 5.13 Å². The Bertz CT molecular complexity index is 1180. The van der Waals surface area contributed by atoms with Gasteiger partial charge < -0.3 is 5.32 Å². The Labute approximate surface area is 171 Å². The molecule has 0 aliphatic heterocycles. The zero-order chi connectivity index (χ0) is 20.2. The van der Waals surface area contributed by atoms with Crippen LogP contribution in [0.4, 0.5) is 5.13 Å². The quantitative estimate of drug-likeness (QED) is 0.523. The average Bonchev–Trinajstić information content (AvgIpc) is 3.20. The highest BCUT2D eigenvalue weighted by molar-refractivity contribution is 7.14. The Morgan fingerprint density at radius 3 is 2.55 bits per heavy atom. The van der Waals surface area contributed by atoms with Gasteiger partial charge >= 0.3 is 0 Å². The maximum atomic E-state index is 12.5. The molecule has 0 radical (unpaired) electrons. The maximum absolute atomic E-state index is 12.5. The molecule has 2 heterocycles.